The van der Waals surface area contributed by atoms with Crippen molar-refractivity contribution in [3.63, 3.8) is 0 Å². The predicted octanol–water partition coefficient (Wildman–Crippen LogP) is 3.98. The van der Waals surface area contributed by atoms with Crippen molar-refractivity contribution in [2.45, 2.75) is 11.9 Å². The van der Waals surface area contributed by atoms with E-state index in [1.165, 1.54) is 4.09 Å². The molecular formula is C8H15Cl2IrOP. The Balaban J connectivity index is 0.000000310. The van der Waals surface area contributed by atoms with Crippen molar-refractivity contribution >= 4 is 27.3 Å². The summed E-state index contributed by atoms with van der Waals surface area (Å²) in [5.41, 5.74) is 1.97. The molecule has 0 aliphatic heterocycles. The molecule has 0 bridgehead atoms. The zero-order valence-corrected chi connectivity index (χ0v) is 12.7. The molecule has 0 spiro atoms. The summed E-state index contributed by atoms with van der Waals surface area (Å²) in [6.45, 7) is 3.57. The van der Waals surface area contributed by atoms with Crippen LogP contribution >= 0.6 is 27.3 Å². The first-order valence-corrected chi connectivity index (χ1v) is 15.3. The van der Waals surface area contributed by atoms with Crippen LogP contribution < -0.4 is 0 Å². The first-order chi connectivity index (χ1) is 5.84. The van der Waals surface area contributed by atoms with Crippen LogP contribution in [0.5, 0.6) is 0 Å². The minimum atomic E-state index is -2.44. The van der Waals surface area contributed by atoms with Gasteiger partial charge in [-0.1, -0.05) is 0 Å². The van der Waals surface area contributed by atoms with E-state index in [1.54, 1.807) is 13.3 Å². The molecule has 13 heavy (non-hydrogen) atoms. The number of rotatable bonds is 1. The van der Waals surface area contributed by atoms with Gasteiger partial charge < -0.3 is 4.89 Å². The van der Waals surface area contributed by atoms with Gasteiger partial charge in [-0.25, -0.2) is 0 Å². The van der Waals surface area contributed by atoms with Crippen molar-refractivity contribution < 1.29 is 18.2 Å². The summed E-state index contributed by atoms with van der Waals surface area (Å²) in [5.74, 6) is 0. The number of halogens is 2. The molecule has 0 saturated heterocycles. The van der Waals surface area contributed by atoms with Crippen molar-refractivity contribution in [1.82, 2.24) is 0 Å². The molecule has 1 aliphatic carbocycles. The molecule has 0 fully saturated rings. The van der Waals surface area contributed by atoms with Gasteiger partial charge in [-0.15, -0.1) is 0 Å². The molecule has 0 unspecified atom stereocenters. The summed E-state index contributed by atoms with van der Waals surface area (Å²) < 4.78 is 1.26. The second kappa shape index (κ2) is 6.56. The van der Waals surface area contributed by atoms with Gasteiger partial charge in [0.15, 0.2) is 0 Å². The summed E-state index contributed by atoms with van der Waals surface area (Å²) in [7, 11) is 11.3. The fraction of sp³-hybridized carbons (Fsp3) is 0.500. The zero-order valence-electron chi connectivity index (χ0n) is 7.92. The molecule has 81 valence electrons. The van der Waals surface area contributed by atoms with E-state index in [-0.39, 0.29) is 0 Å². The van der Waals surface area contributed by atoms with Gasteiger partial charge in [-0.3, -0.25) is 0 Å². The van der Waals surface area contributed by atoms with E-state index in [4.69, 9.17) is 24.1 Å². The maximum absolute atomic E-state index is 8.12. The van der Waals surface area contributed by atoms with E-state index in [1.807, 2.05) is 17.6 Å². The molecule has 0 atom stereocenters. The van der Waals surface area contributed by atoms with Crippen molar-refractivity contribution in [3.8, 4) is 0 Å². The summed E-state index contributed by atoms with van der Waals surface area (Å²) in [5, 5.41) is 0. The van der Waals surface area contributed by atoms with E-state index in [2.05, 4.69) is 6.08 Å². The topological polar surface area (TPSA) is 20.2 Å². The van der Waals surface area contributed by atoms with E-state index in [9.17, 15) is 0 Å². The standard InChI is InChI=1S/C5H5.C2H7OP.CH3.2ClH.Ir/c1-2-4-5-3-1;1-4(2)3;;;;/h1-3H,4H2;3H,1-2H3;1H3;2*1H;/q;;;;;+2/p-2. The molecule has 0 amide bonds. The molecule has 5 heteroatoms. The van der Waals surface area contributed by atoms with Crippen molar-refractivity contribution in [3.05, 3.63) is 22.3 Å². The third-order valence-corrected chi connectivity index (χ3v) is 7.32. The molecule has 0 saturated carbocycles. The van der Waals surface area contributed by atoms with Gasteiger partial charge in [0.25, 0.3) is 0 Å². The first-order valence-electron chi connectivity index (χ1n) is 3.56. The first kappa shape index (κ1) is 14.1. The third kappa shape index (κ3) is 8.12. The minimum absolute atomic E-state index is 0.620. The molecular weight excluding hydrogens is 406 g/mol. The van der Waals surface area contributed by atoms with Crippen LogP contribution in [0, 0.1) is 0 Å². The molecule has 0 aromatic carbocycles. The van der Waals surface area contributed by atoms with Gasteiger partial charge in [0, 0.05) is 8.15 Å². The van der Waals surface area contributed by atoms with Gasteiger partial charge in [0.1, 0.15) is 0 Å². The summed E-state index contributed by atoms with van der Waals surface area (Å²) in [6, 6.07) is 0. The monoisotopic (exact) mass is 421 g/mol. The van der Waals surface area contributed by atoms with Crippen LogP contribution in [0.1, 0.15) is 6.42 Å². The van der Waals surface area contributed by atoms with Crippen LogP contribution in [0.4, 0.5) is 0 Å². The average Bonchev–Trinajstić information content (AvgIpc) is 2.31. The van der Waals surface area contributed by atoms with Crippen molar-refractivity contribution in [1.29, 1.82) is 0 Å². The van der Waals surface area contributed by atoms with Crippen LogP contribution in [-0.2, 0) is 13.3 Å². The quantitative estimate of drug-likeness (QED) is 0.636. The van der Waals surface area contributed by atoms with Crippen LogP contribution in [0.3, 0.4) is 0 Å². The van der Waals surface area contributed by atoms with E-state index in [0.717, 1.165) is 6.42 Å². The van der Waals surface area contributed by atoms with Crippen LogP contribution in [-0.4, -0.2) is 18.2 Å². The zero-order chi connectivity index (χ0) is 10.5. The van der Waals surface area contributed by atoms with Crippen LogP contribution in [0.15, 0.2) is 22.3 Å². The van der Waals surface area contributed by atoms with Crippen molar-refractivity contribution in [2.24, 2.45) is 0 Å². The Hall–Kier alpha value is 1.10. The normalized spacial score (nSPS) is 16.7. The SMILES string of the molecule is CP(C)O.[CH3][Ir]([Cl])([Cl])[C]1=CC=CC1. The summed E-state index contributed by atoms with van der Waals surface area (Å²) in [6.07, 6.45) is 7.12. The van der Waals surface area contributed by atoms with E-state index >= 15 is 0 Å². The summed E-state index contributed by atoms with van der Waals surface area (Å²) in [4.78, 5) is 8.12. The molecule has 1 rings (SSSR count). The maximum atomic E-state index is 8.12. The Kier molecular flexibility index (Phi) is 7.11. The van der Waals surface area contributed by atoms with Crippen molar-refractivity contribution in [2.75, 3.05) is 13.3 Å². The second-order valence-corrected chi connectivity index (χ2v) is 19.5. The number of hydrogen-bond donors (Lipinski definition) is 1. The fourth-order valence-electron chi connectivity index (χ4n) is 0.629. The second-order valence-electron chi connectivity index (χ2n) is 2.66. The molecule has 0 heterocycles. The third-order valence-electron chi connectivity index (χ3n) is 1.09. The number of hydrogen-bond acceptors (Lipinski definition) is 1. The van der Waals surface area contributed by atoms with E-state index < -0.39 is 21.4 Å². The van der Waals surface area contributed by atoms with Crippen LogP contribution in [0.2, 0.25) is 5.44 Å². The van der Waals surface area contributed by atoms with Gasteiger partial charge in [-0.05, 0) is 13.3 Å². The number of allylic oxidation sites excluding steroid dienone is 4. The average molecular weight is 421 g/mol. The fourth-order valence-corrected chi connectivity index (χ4v) is 4.23. The van der Waals surface area contributed by atoms with E-state index in [0.29, 0.717) is 0 Å². The Morgan fingerprint density at radius 3 is 2.08 bits per heavy atom. The molecule has 1 aliphatic rings. The molecule has 1 nitrogen and oxygen atoms in total. The molecule has 1 N–H and O–H groups in total. The Morgan fingerprint density at radius 2 is 1.92 bits per heavy atom. The molecule has 0 aromatic heterocycles. The Morgan fingerprint density at radius 1 is 1.46 bits per heavy atom. The van der Waals surface area contributed by atoms with Gasteiger partial charge in [-0.2, -0.15) is 0 Å². The van der Waals surface area contributed by atoms with Gasteiger partial charge in [0.05, 0.1) is 0 Å². The Bertz CT molecular complexity index is 206. The molecule has 0 radical (unpaired) electrons. The summed E-state index contributed by atoms with van der Waals surface area (Å²) >= 11 is -2.44. The molecule has 0 aromatic rings. The van der Waals surface area contributed by atoms with Crippen LogP contribution in [0.25, 0.3) is 0 Å². The van der Waals surface area contributed by atoms with Gasteiger partial charge >= 0.3 is 66.6 Å². The Labute approximate surface area is 92.6 Å². The van der Waals surface area contributed by atoms with Gasteiger partial charge in [0.2, 0.25) is 0 Å². The predicted molar refractivity (Wildman–Crippen MR) is 60.4 cm³/mol.